The zero-order valence-corrected chi connectivity index (χ0v) is 11.0. The zero-order chi connectivity index (χ0) is 13.8. The van der Waals surface area contributed by atoms with Crippen LogP contribution in [0.1, 0.15) is 35.0 Å². The van der Waals surface area contributed by atoms with E-state index in [0.717, 1.165) is 5.76 Å². The van der Waals surface area contributed by atoms with Gasteiger partial charge in [0, 0.05) is 6.20 Å². The third-order valence-corrected chi connectivity index (χ3v) is 2.58. The van der Waals surface area contributed by atoms with E-state index in [2.05, 4.69) is 15.3 Å². The Labute approximate surface area is 110 Å². The predicted octanol–water partition coefficient (Wildman–Crippen LogP) is 2.34. The van der Waals surface area contributed by atoms with E-state index in [1.54, 1.807) is 24.5 Å². The van der Waals surface area contributed by atoms with Crippen molar-refractivity contribution in [1.82, 2.24) is 9.97 Å². The Balaban J connectivity index is 2.21. The summed E-state index contributed by atoms with van der Waals surface area (Å²) in [5.74, 6) is 1.28. The third kappa shape index (κ3) is 2.90. The molecule has 19 heavy (non-hydrogen) atoms. The molecule has 1 unspecified atom stereocenters. The van der Waals surface area contributed by atoms with Gasteiger partial charge < -0.3 is 14.5 Å². The fraction of sp³-hybridized carbons (Fsp3) is 0.308. The van der Waals surface area contributed by atoms with Gasteiger partial charge in [0.25, 0.3) is 0 Å². The van der Waals surface area contributed by atoms with Crippen LogP contribution >= 0.6 is 0 Å². The largest absolute Gasteiger partial charge is 0.465 e. The second kappa shape index (κ2) is 5.51. The van der Waals surface area contributed by atoms with E-state index in [1.165, 1.54) is 7.11 Å². The van der Waals surface area contributed by atoms with Crippen molar-refractivity contribution < 1.29 is 13.9 Å². The molecule has 0 fully saturated rings. The van der Waals surface area contributed by atoms with E-state index in [9.17, 15) is 4.79 Å². The summed E-state index contributed by atoms with van der Waals surface area (Å²) < 4.78 is 10.1. The molecule has 1 atom stereocenters. The number of pyridine rings is 1. The number of hydrogen-bond donors (Lipinski definition) is 1. The van der Waals surface area contributed by atoms with Crippen LogP contribution in [0.25, 0.3) is 0 Å². The lowest BCUT2D eigenvalue weighted by molar-refractivity contribution is 0.0601. The van der Waals surface area contributed by atoms with Crippen LogP contribution in [0.15, 0.2) is 28.9 Å². The van der Waals surface area contributed by atoms with E-state index < -0.39 is 5.97 Å². The molecular weight excluding hydrogens is 246 g/mol. The van der Waals surface area contributed by atoms with Crippen molar-refractivity contribution in [3.8, 4) is 0 Å². The van der Waals surface area contributed by atoms with E-state index in [0.29, 0.717) is 17.3 Å². The van der Waals surface area contributed by atoms with E-state index in [1.807, 2.05) is 13.8 Å². The summed E-state index contributed by atoms with van der Waals surface area (Å²) in [6, 6.07) is 3.12. The van der Waals surface area contributed by atoms with Gasteiger partial charge in [-0.3, -0.25) is 0 Å². The topological polar surface area (TPSA) is 77.2 Å². The first-order chi connectivity index (χ1) is 9.11. The van der Waals surface area contributed by atoms with Gasteiger partial charge in [-0.2, -0.15) is 0 Å². The Bertz CT molecular complexity index is 580. The van der Waals surface area contributed by atoms with Crippen LogP contribution in [-0.2, 0) is 4.74 Å². The second-order valence-corrected chi connectivity index (χ2v) is 4.07. The highest BCUT2D eigenvalue weighted by Gasteiger charge is 2.17. The number of ether oxygens (including phenoxy) is 1. The summed E-state index contributed by atoms with van der Waals surface area (Å²) in [5, 5.41) is 3.09. The van der Waals surface area contributed by atoms with Gasteiger partial charge in [-0.25, -0.2) is 14.8 Å². The van der Waals surface area contributed by atoms with Crippen molar-refractivity contribution in [2.45, 2.75) is 19.9 Å². The van der Waals surface area contributed by atoms with Crippen LogP contribution in [0.4, 0.5) is 5.82 Å². The molecule has 2 aromatic rings. The first-order valence-electron chi connectivity index (χ1n) is 5.84. The van der Waals surface area contributed by atoms with Crippen LogP contribution in [0.5, 0.6) is 0 Å². The van der Waals surface area contributed by atoms with Crippen molar-refractivity contribution in [3.63, 3.8) is 0 Å². The average molecular weight is 261 g/mol. The van der Waals surface area contributed by atoms with Crippen molar-refractivity contribution in [3.05, 3.63) is 41.7 Å². The fourth-order valence-electron chi connectivity index (χ4n) is 1.63. The standard InChI is InChI=1S/C13H15N3O3/c1-8-7-15-12(19-8)9(2)16-11-10(13(17)18-3)5-4-6-14-11/h4-7,9H,1-3H3,(H,14,16). The van der Waals surface area contributed by atoms with Gasteiger partial charge in [0.05, 0.1) is 13.3 Å². The number of aryl methyl sites for hydroxylation is 1. The van der Waals surface area contributed by atoms with Crippen molar-refractivity contribution >= 4 is 11.8 Å². The van der Waals surface area contributed by atoms with E-state index in [4.69, 9.17) is 9.15 Å². The number of methoxy groups -OCH3 is 1. The van der Waals surface area contributed by atoms with E-state index in [-0.39, 0.29) is 6.04 Å². The van der Waals surface area contributed by atoms with Crippen LogP contribution in [-0.4, -0.2) is 23.0 Å². The average Bonchev–Trinajstić information content (AvgIpc) is 2.85. The number of hydrogen-bond acceptors (Lipinski definition) is 6. The molecule has 6 nitrogen and oxygen atoms in total. The summed E-state index contributed by atoms with van der Waals surface area (Å²) in [4.78, 5) is 19.9. The number of rotatable bonds is 4. The number of anilines is 1. The number of esters is 1. The normalized spacial score (nSPS) is 11.9. The number of carbonyl (C=O) groups excluding carboxylic acids is 1. The number of oxazole rings is 1. The molecular formula is C13H15N3O3. The van der Waals surface area contributed by atoms with Crippen molar-refractivity contribution in [2.75, 3.05) is 12.4 Å². The fourth-order valence-corrected chi connectivity index (χ4v) is 1.63. The minimum absolute atomic E-state index is 0.202. The van der Waals surface area contributed by atoms with Crippen LogP contribution in [0.2, 0.25) is 0 Å². The van der Waals surface area contributed by atoms with Gasteiger partial charge in [0.2, 0.25) is 5.89 Å². The second-order valence-electron chi connectivity index (χ2n) is 4.07. The molecule has 0 saturated heterocycles. The van der Waals surface area contributed by atoms with Gasteiger partial charge in [-0.1, -0.05) is 0 Å². The number of carbonyl (C=O) groups is 1. The highest BCUT2D eigenvalue weighted by molar-refractivity contribution is 5.94. The van der Waals surface area contributed by atoms with Crippen LogP contribution in [0, 0.1) is 6.92 Å². The van der Waals surface area contributed by atoms with Gasteiger partial charge in [-0.15, -0.1) is 0 Å². The molecule has 100 valence electrons. The number of nitrogens with zero attached hydrogens (tertiary/aromatic N) is 2. The lowest BCUT2D eigenvalue weighted by Gasteiger charge is -2.13. The lowest BCUT2D eigenvalue weighted by atomic mass is 10.2. The van der Waals surface area contributed by atoms with Crippen LogP contribution < -0.4 is 5.32 Å². The molecule has 2 aromatic heterocycles. The first-order valence-corrected chi connectivity index (χ1v) is 5.84. The summed E-state index contributed by atoms with van der Waals surface area (Å²) in [5.41, 5.74) is 0.375. The first kappa shape index (κ1) is 13.1. The molecule has 0 bridgehead atoms. The Morgan fingerprint density at radius 3 is 2.89 bits per heavy atom. The molecule has 0 aliphatic heterocycles. The zero-order valence-electron chi connectivity index (χ0n) is 11.0. The molecule has 0 aliphatic carbocycles. The molecule has 0 amide bonds. The minimum atomic E-state index is -0.439. The Morgan fingerprint density at radius 1 is 1.47 bits per heavy atom. The predicted molar refractivity (Wildman–Crippen MR) is 68.9 cm³/mol. The molecule has 2 rings (SSSR count). The van der Waals surface area contributed by atoms with Gasteiger partial charge >= 0.3 is 5.97 Å². The summed E-state index contributed by atoms with van der Waals surface area (Å²) in [6.07, 6.45) is 3.25. The lowest BCUT2D eigenvalue weighted by Crippen LogP contribution is -2.13. The molecule has 0 aromatic carbocycles. The van der Waals surface area contributed by atoms with Gasteiger partial charge in [0.1, 0.15) is 23.2 Å². The molecule has 6 heteroatoms. The maximum atomic E-state index is 11.6. The summed E-state index contributed by atoms with van der Waals surface area (Å²) >= 11 is 0. The molecule has 0 saturated carbocycles. The Hall–Kier alpha value is -2.37. The quantitative estimate of drug-likeness (QED) is 0.851. The smallest absolute Gasteiger partial charge is 0.341 e. The molecule has 0 radical (unpaired) electrons. The Morgan fingerprint density at radius 2 is 2.26 bits per heavy atom. The molecule has 0 spiro atoms. The Kier molecular flexibility index (Phi) is 3.79. The van der Waals surface area contributed by atoms with Crippen molar-refractivity contribution in [1.29, 1.82) is 0 Å². The van der Waals surface area contributed by atoms with E-state index >= 15 is 0 Å². The number of nitrogens with one attached hydrogen (secondary N) is 1. The maximum absolute atomic E-state index is 11.6. The van der Waals surface area contributed by atoms with Gasteiger partial charge in [0.15, 0.2) is 0 Å². The summed E-state index contributed by atoms with van der Waals surface area (Å²) in [6.45, 7) is 3.70. The van der Waals surface area contributed by atoms with Crippen molar-refractivity contribution in [2.24, 2.45) is 0 Å². The maximum Gasteiger partial charge on any atom is 0.341 e. The molecule has 1 N–H and O–H groups in total. The summed E-state index contributed by atoms with van der Waals surface area (Å²) in [7, 11) is 1.33. The van der Waals surface area contributed by atoms with Gasteiger partial charge in [-0.05, 0) is 26.0 Å². The third-order valence-electron chi connectivity index (χ3n) is 2.58. The highest BCUT2D eigenvalue weighted by atomic mass is 16.5. The minimum Gasteiger partial charge on any atom is -0.465 e. The monoisotopic (exact) mass is 261 g/mol. The molecule has 0 aliphatic rings. The SMILES string of the molecule is COC(=O)c1cccnc1NC(C)c1ncc(C)o1. The number of aromatic nitrogens is 2. The highest BCUT2D eigenvalue weighted by Crippen LogP contribution is 2.20. The molecule has 2 heterocycles. The van der Waals surface area contributed by atoms with Crippen LogP contribution in [0.3, 0.4) is 0 Å².